The van der Waals surface area contributed by atoms with Crippen molar-refractivity contribution in [2.75, 3.05) is 0 Å². The van der Waals surface area contributed by atoms with Gasteiger partial charge in [-0.05, 0) is 37.3 Å². The first kappa shape index (κ1) is 13.4. The summed E-state index contributed by atoms with van der Waals surface area (Å²) in [7, 11) is 0. The summed E-state index contributed by atoms with van der Waals surface area (Å²) in [5.74, 6) is 0.734. The van der Waals surface area contributed by atoms with E-state index < -0.39 is 0 Å². The van der Waals surface area contributed by atoms with Gasteiger partial charge in [0.15, 0.2) is 0 Å². The number of hydrogen-bond donors (Lipinski definition) is 1. The predicted molar refractivity (Wildman–Crippen MR) is 74.6 cm³/mol. The van der Waals surface area contributed by atoms with Crippen molar-refractivity contribution in [3.05, 3.63) is 34.9 Å². The predicted octanol–water partition coefficient (Wildman–Crippen LogP) is 4.10. The van der Waals surface area contributed by atoms with Crippen LogP contribution in [0.5, 0.6) is 0 Å². The van der Waals surface area contributed by atoms with Crippen LogP contribution >= 0.6 is 11.6 Å². The molecule has 1 N–H and O–H groups in total. The third-order valence-electron chi connectivity index (χ3n) is 3.70. The Hall–Kier alpha value is -1.02. The second-order valence-electron chi connectivity index (χ2n) is 5.17. The molecule has 1 amide bonds. The number of nitrogens with one attached hydrogen (secondary N) is 1. The van der Waals surface area contributed by atoms with Crippen LogP contribution < -0.4 is 5.32 Å². The molecule has 98 valence electrons. The molecule has 1 aliphatic rings. The van der Waals surface area contributed by atoms with Crippen molar-refractivity contribution in [2.24, 2.45) is 5.92 Å². The lowest BCUT2D eigenvalue weighted by Crippen LogP contribution is -2.28. The van der Waals surface area contributed by atoms with E-state index in [4.69, 9.17) is 11.6 Å². The van der Waals surface area contributed by atoms with Crippen LogP contribution in [0.25, 0.3) is 0 Å². The van der Waals surface area contributed by atoms with E-state index in [1.54, 1.807) is 0 Å². The van der Waals surface area contributed by atoms with Crippen LogP contribution in [0.4, 0.5) is 0 Å². The maximum absolute atomic E-state index is 11.9. The Labute approximate surface area is 114 Å². The van der Waals surface area contributed by atoms with Crippen LogP contribution in [0.3, 0.4) is 0 Å². The van der Waals surface area contributed by atoms with Gasteiger partial charge in [-0.2, -0.15) is 0 Å². The van der Waals surface area contributed by atoms with Crippen LogP contribution in [0.2, 0.25) is 5.02 Å². The Morgan fingerprint density at radius 2 is 2.06 bits per heavy atom. The normalized spacial score (nSPS) is 17.7. The highest BCUT2D eigenvalue weighted by Gasteiger charge is 2.20. The topological polar surface area (TPSA) is 29.1 Å². The monoisotopic (exact) mass is 265 g/mol. The standard InChI is InChI=1S/C15H20ClNO/c1-11(13-8-4-5-9-14(13)16)17-15(18)10-12-6-2-3-7-12/h4-5,8-9,11-12H,2-3,6-7,10H2,1H3,(H,17,18). The molecule has 0 radical (unpaired) electrons. The van der Waals surface area contributed by atoms with E-state index in [9.17, 15) is 4.79 Å². The fourth-order valence-electron chi connectivity index (χ4n) is 2.68. The molecule has 0 heterocycles. The quantitative estimate of drug-likeness (QED) is 0.873. The van der Waals surface area contributed by atoms with Crippen molar-refractivity contribution < 1.29 is 4.79 Å². The second kappa shape index (κ2) is 6.24. The zero-order valence-electron chi connectivity index (χ0n) is 10.8. The van der Waals surface area contributed by atoms with Gasteiger partial charge in [0.1, 0.15) is 0 Å². The Morgan fingerprint density at radius 3 is 2.72 bits per heavy atom. The first-order valence-corrected chi connectivity index (χ1v) is 7.08. The fourth-order valence-corrected chi connectivity index (χ4v) is 2.98. The zero-order chi connectivity index (χ0) is 13.0. The molecular formula is C15H20ClNO. The van der Waals surface area contributed by atoms with E-state index in [1.807, 2.05) is 31.2 Å². The number of halogens is 1. The molecule has 1 aliphatic carbocycles. The van der Waals surface area contributed by atoms with Gasteiger partial charge < -0.3 is 5.32 Å². The van der Waals surface area contributed by atoms with Crippen molar-refractivity contribution in [1.29, 1.82) is 0 Å². The van der Waals surface area contributed by atoms with Gasteiger partial charge in [0.05, 0.1) is 6.04 Å². The SMILES string of the molecule is CC(NC(=O)CC1CCCC1)c1ccccc1Cl. The molecule has 2 rings (SSSR count). The molecule has 0 aromatic heterocycles. The second-order valence-corrected chi connectivity index (χ2v) is 5.57. The van der Waals surface area contributed by atoms with Crippen LogP contribution in [0, 0.1) is 5.92 Å². The highest BCUT2D eigenvalue weighted by Crippen LogP contribution is 2.28. The van der Waals surface area contributed by atoms with E-state index in [-0.39, 0.29) is 11.9 Å². The van der Waals surface area contributed by atoms with Gasteiger partial charge in [0, 0.05) is 11.4 Å². The van der Waals surface area contributed by atoms with E-state index in [1.165, 1.54) is 25.7 Å². The molecule has 3 heteroatoms. The van der Waals surface area contributed by atoms with Crippen LogP contribution in [-0.4, -0.2) is 5.91 Å². The molecule has 0 bridgehead atoms. The summed E-state index contributed by atoms with van der Waals surface area (Å²) in [4.78, 5) is 11.9. The van der Waals surface area contributed by atoms with Crippen molar-refractivity contribution >= 4 is 17.5 Å². The lowest BCUT2D eigenvalue weighted by molar-refractivity contribution is -0.122. The average molecular weight is 266 g/mol. The van der Waals surface area contributed by atoms with Crippen molar-refractivity contribution in [1.82, 2.24) is 5.32 Å². The summed E-state index contributed by atoms with van der Waals surface area (Å²) in [6, 6.07) is 7.65. The van der Waals surface area contributed by atoms with Crippen LogP contribution in [0.15, 0.2) is 24.3 Å². The molecule has 1 unspecified atom stereocenters. The number of carbonyl (C=O) groups is 1. The first-order chi connectivity index (χ1) is 8.66. The number of hydrogen-bond acceptors (Lipinski definition) is 1. The maximum Gasteiger partial charge on any atom is 0.220 e. The van der Waals surface area contributed by atoms with E-state index in [0.29, 0.717) is 17.4 Å². The van der Waals surface area contributed by atoms with Crippen molar-refractivity contribution in [3.8, 4) is 0 Å². The van der Waals surface area contributed by atoms with Gasteiger partial charge in [-0.15, -0.1) is 0 Å². The minimum atomic E-state index is -0.0207. The van der Waals surface area contributed by atoms with Crippen molar-refractivity contribution in [3.63, 3.8) is 0 Å². The third-order valence-corrected chi connectivity index (χ3v) is 4.04. The molecule has 18 heavy (non-hydrogen) atoms. The van der Waals surface area contributed by atoms with E-state index in [0.717, 1.165) is 5.56 Å². The van der Waals surface area contributed by atoms with Gasteiger partial charge >= 0.3 is 0 Å². The highest BCUT2D eigenvalue weighted by molar-refractivity contribution is 6.31. The van der Waals surface area contributed by atoms with Gasteiger partial charge in [0.25, 0.3) is 0 Å². The molecule has 1 fully saturated rings. The van der Waals surface area contributed by atoms with Gasteiger partial charge in [-0.3, -0.25) is 4.79 Å². The first-order valence-electron chi connectivity index (χ1n) is 6.70. The highest BCUT2D eigenvalue weighted by atomic mass is 35.5. The summed E-state index contributed by atoms with van der Waals surface area (Å²) in [6.07, 6.45) is 5.62. The number of benzene rings is 1. The maximum atomic E-state index is 11.9. The minimum absolute atomic E-state index is 0.0207. The molecule has 0 saturated heterocycles. The van der Waals surface area contributed by atoms with Crippen LogP contribution in [0.1, 0.15) is 50.6 Å². The average Bonchev–Trinajstić information content (AvgIpc) is 2.82. The molecule has 2 nitrogen and oxygen atoms in total. The summed E-state index contributed by atoms with van der Waals surface area (Å²) in [5.41, 5.74) is 0.985. The molecule has 0 spiro atoms. The molecule has 0 aliphatic heterocycles. The summed E-state index contributed by atoms with van der Waals surface area (Å²) in [6.45, 7) is 1.98. The number of rotatable bonds is 4. The number of amides is 1. The minimum Gasteiger partial charge on any atom is -0.350 e. The van der Waals surface area contributed by atoms with Crippen LogP contribution in [-0.2, 0) is 4.79 Å². The molecule has 1 aromatic rings. The van der Waals surface area contributed by atoms with Crippen molar-refractivity contribution in [2.45, 2.75) is 45.1 Å². The van der Waals surface area contributed by atoms with E-state index >= 15 is 0 Å². The number of carbonyl (C=O) groups excluding carboxylic acids is 1. The molecule has 1 atom stereocenters. The fraction of sp³-hybridized carbons (Fsp3) is 0.533. The summed E-state index contributed by atoms with van der Waals surface area (Å²) >= 11 is 6.12. The molecular weight excluding hydrogens is 246 g/mol. The molecule has 1 saturated carbocycles. The molecule has 1 aromatic carbocycles. The Morgan fingerprint density at radius 1 is 1.39 bits per heavy atom. The van der Waals surface area contributed by atoms with E-state index in [2.05, 4.69) is 5.32 Å². The summed E-state index contributed by atoms with van der Waals surface area (Å²) < 4.78 is 0. The lowest BCUT2D eigenvalue weighted by Gasteiger charge is -2.17. The Kier molecular flexibility index (Phi) is 4.65. The summed E-state index contributed by atoms with van der Waals surface area (Å²) in [5, 5.41) is 3.75. The Balaban J connectivity index is 1.88. The third kappa shape index (κ3) is 3.49. The Bertz CT molecular complexity index is 413. The largest absolute Gasteiger partial charge is 0.350 e. The smallest absolute Gasteiger partial charge is 0.220 e. The van der Waals surface area contributed by atoms with Gasteiger partial charge in [-0.1, -0.05) is 42.6 Å². The van der Waals surface area contributed by atoms with Gasteiger partial charge in [0.2, 0.25) is 5.91 Å². The lowest BCUT2D eigenvalue weighted by atomic mass is 10.0. The zero-order valence-corrected chi connectivity index (χ0v) is 11.5. The van der Waals surface area contributed by atoms with Gasteiger partial charge in [-0.25, -0.2) is 0 Å².